The molecule has 2 fully saturated rings. The minimum absolute atomic E-state index is 0.0351. The predicted octanol–water partition coefficient (Wildman–Crippen LogP) is 4.65. The standard InChI is InChI=1S/C26H29FN2O4/c1-28(2)18-12-9-16(10-13-18)23-22(24(30)20-15-17(27)11-14-21(20)33-3)25(31)26(32)29(23)19-7-5-4-6-8-19/h9-15,19,23,30H,4-8H2,1-3H3/b24-22+. The highest BCUT2D eigenvalue weighted by atomic mass is 19.1. The molecule has 1 saturated carbocycles. The number of ether oxygens (including phenoxy) is 1. The van der Waals surface area contributed by atoms with Crippen LogP contribution in [0.2, 0.25) is 0 Å². The third kappa shape index (κ3) is 4.19. The number of rotatable bonds is 5. The Labute approximate surface area is 193 Å². The summed E-state index contributed by atoms with van der Waals surface area (Å²) in [5.41, 5.74) is 1.71. The molecule has 1 aliphatic carbocycles. The first kappa shape index (κ1) is 22.8. The fraction of sp³-hybridized carbons (Fsp3) is 0.385. The molecular formula is C26H29FN2O4. The fourth-order valence-corrected chi connectivity index (χ4v) is 4.88. The van der Waals surface area contributed by atoms with Crippen LogP contribution in [0.15, 0.2) is 48.0 Å². The SMILES string of the molecule is COc1ccc(F)cc1/C(O)=C1\C(=O)C(=O)N(C2CCCCC2)C1c1ccc(N(C)C)cc1. The van der Waals surface area contributed by atoms with Crippen LogP contribution in [-0.2, 0) is 9.59 Å². The maximum absolute atomic E-state index is 14.1. The molecular weight excluding hydrogens is 423 g/mol. The van der Waals surface area contributed by atoms with Crippen molar-refractivity contribution in [2.24, 2.45) is 0 Å². The molecule has 7 heteroatoms. The minimum Gasteiger partial charge on any atom is -0.507 e. The van der Waals surface area contributed by atoms with Gasteiger partial charge < -0.3 is 19.6 Å². The number of hydrogen-bond acceptors (Lipinski definition) is 5. The number of halogens is 1. The molecule has 1 unspecified atom stereocenters. The molecule has 1 amide bonds. The van der Waals surface area contributed by atoms with E-state index in [-0.39, 0.29) is 22.9 Å². The van der Waals surface area contributed by atoms with Crippen LogP contribution in [0.3, 0.4) is 0 Å². The van der Waals surface area contributed by atoms with Gasteiger partial charge in [0.05, 0.1) is 24.3 Å². The average molecular weight is 453 g/mol. The summed E-state index contributed by atoms with van der Waals surface area (Å²) in [6.45, 7) is 0. The van der Waals surface area contributed by atoms with Gasteiger partial charge in [-0.1, -0.05) is 31.4 Å². The molecule has 0 bridgehead atoms. The molecule has 1 atom stereocenters. The first-order valence-corrected chi connectivity index (χ1v) is 11.2. The summed E-state index contributed by atoms with van der Waals surface area (Å²) in [6.07, 6.45) is 4.68. The van der Waals surface area contributed by atoms with Gasteiger partial charge in [0, 0.05) is 25.8 Å². The van der Waals surface area contributed by atoms with Gasteiger partial charge in [0.15, 0.2) is 0 Å². The van der Waals surface area contributed by atoms with Crippen molar-refractivity contribution >= 4 is 23.1 Å². The van der Waals surface area contributed by atoms with E-state index in [4.69, 9.17) is 4.74 Å². The number of ketones is 1. The Morgan fingerprint density at radius 1 is 1.06 bits per heavy atom. The van der Waals surface area contributed by atoms with Crippen molar-refractivity contribution in [3.8, 4) is 5.75 Å². The fourth-order valence-electron chi connectivity index (χ4n) is 4.88. The third-order valence-electron chi connectivity index (χ3n) is 6.59. The zero-order valence-electron chi connectivity index (χ0n) is 19.2. The highest BCUT2D eigenvalue weighted by Gasteiger charge is 2.49. The van der Waals surface area contributed by atoms with Gasteiger partial charge in [-0.05, 0) is 48.7 Å². The molecule has 1 saturated heterocycles. The third-order valence-corrected chi connectivity index (χ3v) is 6.59. The van der Waals surface area contributed by atoms with Gasteiger partial charge in [0.1, 0.15) is 17.3 Å². The summed E-state index contributed by atoms with van der Waals surface area (Å²) in [7, 11) is 5.26. The number of likely N-dealkylation sites (tertiary alicyclic amines) is 1. The quantitative estimate of drug-likeness (QED) is 0.406. The van der Waals surface area contributed by atoms with Crippen LogP contribution in [0.5, 0.6) is 5.75 Å². The van der Waals surface area contributed by atoms with E-state index in [1.54, 1.807) is 4.90 Å². The van der Waals surface area contributed by atoms with Crippen LogP contribution >= 0.6 is 0 Å². The van der Waals surface area contributed by atoms with Crippen LogP contribution in [0.4, 0.5) is 10.1 Å². The molecule has 2 aromatic carbocycles. The lowest BCUT2D eigenvalue weighted by molar-refractivity contribution is -0.141. The molecule has 6 nitrogen and oxygen atoms in total. The van der Waals surface area contributed by atoms with Gasteiger partial charge in [-0.25, -0.2) is 4.39 Å². The van der Waals surface area contributed by atoms with Crippen molar-refractivity contribution in [2.75, 3.05) is 26.1 Å². The molecule has 0 spiro atoms. The highest BCUT2D eigenvalue weighted by Crippen LogP contribution is 2.44. The maximum atomic E-state index is 14.1. The van der Waals surface area contributed by atoms with E-state index in [0.717, 1.165) is 49.4 Å². The smallest absolute Gasteiger partial charge is 0.295 e. The Balaban J connectivity index is 1.90. The molecule has 1 aliphatic heterocycles. The van der Waals surface area contributed by atoms with E-state index >= 15 is 0 Å². The lowest BCUT2D eigenvalue weighted by atomic mass is 9.90. The Bertz CT molecular complexity index is 1090. The molecule has 0 aromatic heterocycles. The van der Waals surface area contributed by atoms with E-state index in [2.05, 4.69) is 0 Å². The van der Waals surface area contributed by atoms with Crippen LogP contribution in [0, 0.1) is 5.82 Å². The first-order valence-electron chi connectivity index (χ1n) is 11.2. The second-order valence-electron chi connectivity index (χ2n) is 8.83. The van der Waals surface area contributed by atoms with E-state index in [0.29, 0.717) is 0 Å². The number of anilines is 1. The summed E-state index contributed by atoms with van der Waals surface area (Å²) in [4.78, 5) is 30.1. The molecule has 2 aromatic rings. The number of benzene rings is 2. The zero-order chi connectivity index (χ0) is 23.7. The van der Waals surface area contributed by atoms with E-state index in [1.165, 1.54) is 19.2 Å². The van der Waals surface area contributed by atoms with Gasteiger partial charge in [-0.15, -0.1) is 0 Å². The predicted molar refractivity (Wildman–Crippen MR) is 125 cm³/mol. The molecule has 1 N–H and O–H groups in total. The van der Waals surface area contributed by atoms with Crippen LogP contribution in [-0.4, -0.2) is 48.9 Å². The second kappa shape index (κ2) is 9.25. The molecule has 1 heterocycles. The first-order chi connectivity index (χ1) is 15.8. The van der Waals surface area contributed by atoms with E-state index in [1.807, 2.05) is 43.3 Å². The molecule has 0 radical (unpaired) electrons. The number of carbonyl (C=O) groups excluding carboxylic acids is 2. The summed E-state index contributed by atoms with van der Waals surface area (Å²) < 4.78 is 19.3. The second-order valence-corrected chi connectivity index (χ2v) is 8.83. The summed E-state index contributed by atoms with van der Waals surface area (Å²) in [5.74, 6) is -2.17. The van der Waals surface area contributed by atoms with Gasteiger partial charge in [-0.3, -0.25) is 9.59 Å². The lowest BCUT2D eigenvalue weighted by Gasteiger charge is -2.35. The number of methoxy groups -OCH3 is 1. The van der Waals surface area contributed by atoms with Gasteiger partial charge in [0.2, 0.25) is 0 Å². The Kier molecular flexibility index (Phi) is 6.40. The monoisotopic (exact) mass is 452 g/mol. The highest BCUT2D eigenvalue weighted by molar-refractivity contribution is 6.46. The Morgan fingerprint density at radius 2 is 1.73 bits per heavy atom. The number of aliphatic hydroxyl groups is 1. The molecule has 174 valence electrons. The van der Waals surface area contributed by atoms with Crippen LogP contribution in [0.25, 0.3) is 5.76 Å². The number of amides is 1. The van der Waals surface area contributed by atoms with E-state index < -0.39 is 29.3 Å². The van der Waals surface area contributed by atoms with Gasteiger partial charge >= 0.3 is 0 Å². The Hall–Kier alpha value is -3.35. The van der Waals surface area contributed by atoms with Crippen molar-refractivity contribution < 1.29 is 23.8 Å². The minimum atomic E-state index is -0.758. The largest absolute Gasteiger partial charge is 0.507 e. The van der Waals surface area contributed by atoms with E-state index in [9.17, 15) is 19.1 Å². The van der Waals surface area contributed by atoms with Gasteiger partial charge in [-0.2, -0.15) is 0 Å². The zero-order valence-corrected chi connectivity index (χ0v) is 19.2. The van der Waals surface area contributed by atoms with Crippen molar-refractivity contribution in [1.82, 2.24) is 4.90 Å². The summed E-state index contributed by atoms with van der Waals surface area (Å²) in [6, 6.07) is 10.5. The summed E-state index contributed by atoms with van der Waals surface area (Å²) >= 11 is 0. The molecule has 33 heavy (non-hydrogen) atoms. The molecule has 4 rings (SSSR count). The van der Waals surface area contributed by atoms with Crippen LogP contribution in [0.1, 0.15) is 49.3 Å². The summed E-state index contributed by atoms with van der Waals surface area (Å²) in [5, 5.41) is 11.3. The normalized spacial score (nSPS) is 20.8. The van der Waals surface area contributed by atoms with Gasteiger partial charge in [0.25, 0.3) is 11.7 Å². The number of carbonyl (C=O) groups is 2. The average Bonchev–Trinajstić information content (AvgIpc) is 3.09. The van der Waals surface area contributed by atoms with Crippen molar-refractivity contribution in [1.29, 1.82) is 0 Å². The number of nitrogens with zero attached hydrogens (tertiary/aromatic N) is 2. The number of aliphatic hydroxyl groups excluding tert-OH is 1. The van der Waals surface area contributed by atoms with Crippen molar-refractivity contribution in [3.63, 3.8) is 0 Å². The number of Topliss-reactive ketones (excluding diaryl/α,β-unsaturated/α-hetero) is 1. The maximum Gasteiger partial charge on any atom is 0.295 e. The van der Waals surface area contributed by atoms with Crippen molar-refractivity contribution in [3.05, 3.63) is 65.0 Å². The van der Waals surface area contributed by atoms with Crippen LogP contribution < -0.4 is 9.64 Å². The Morgan fingerprint density at radius 3 is 2.33 bits per heavy atom. The molecule has 2 aliphatic rings. The topological polar surface area (TPSA) is 70.1 Å². The number of hydrogen-bond donors (Lipinski definition) is 1. The lowest BCUT2D eigenvalue weighted by Crippen LogP contribution is -2.40. The van der Waals surface area contributed by atoms with Crippen molar-refractivity contribution in [2.45, 2.75) is 44.2 Å².